The van der Waals surface area contributed by atoms with E-state index in [9.17, 15) is 0 Å². The van der Waals surface area contributed by atoms with Gasteiger partial charge >= 0.3 is 0 Å². The Kier molecular flexibility index (Phi) is 4.95. The first-order valence-corrected chi connectivity index (χ1v) is 7.47. The molecule has 0 saturated heterocycles. The number of ether oxygens (including phenoxy) is 2. The molecule has 1 unspecified atom stereocenters. The molecule has 0 bridgehead atoms. The number of methoxy groups -OCH3 is 2. The lowest BCUT2D eigenvalue weighted by atomic mass is 10.0. The van der Waals surface area contributed by atoms with Gasteiger partial charge in [0.05, 0.1) is 19.0 Å². The topological polar surface area (TPSA) is 18.5 Å². The molecule has 0 heterocycles. The SMILES string of the molecule is COc1ccc(C(Br)c2cc(C)cc(Cl)c2)cc1OC. The molecule has 20 heavy (non-hydrogen) atoms. The number of hydrogen-bond donors (Lipinski definition) is 0. The molecule has 106 valence electrons. The zero-order valence-electron chi connectivity index (χ0n) is 11.6. The van der Waals surface area contributed by atoms with Crippen LogP contribution in [0.1, 0.15) is 21.5 Å². The number of halogens is 2. The summed E-state index contributed by atoms with van der Waals surface area (Å²) in [5.74, 6) is 1.44. The van der Waals surface area contributed by atoms with Gasteiger partial charge in [-0.1, -0.05) is 39.7 Å². The molecule has 0 aromatic heterocycles. The van der Waals surface area contributed by atoms with Crippen LogP contribution in [0, 0.1) is 6.92 Å². The van der Waals surface area contributed by atoms with Crippen LogP contribution in [0.3, 0.4) is 0 Å². The summed E-state index contributed by atoms with van der Waals surface area (Å²) in [7, 11) is 3.26. The first-order valence-electron chi connectivity index (χ1n) is 6.18. The van der Waals surface area contributed by atoms with Gasteiger partial charge in [0.2, 0.25) is 0 Å². The van der Waals surface area contributed by atoms with E-state index in [0.717, 1.165) is 27.5 Å². The van der Waals surface area contributed by atoms with Crippen molar-refractivity contribution < 1.29 is 9.47 Å². The van der Waals surface area contributed by atoms with Gasteiger partial charge in [-0.05, 0) is 47.9 Å². The second kappa shape index (κ2) is 6.51. The van der Waals surface area contributed by atoms with Crippen LogP contribution in [0.25, 0.3) is 0 Å². The first kappa shape index (κ1) is 15.2. The summed E-state index contributed by atoms with van der Waals surface area (Å²) < 4.78 is 10.6. The smallest absolute Gasteiger partial charge is 0.161 e. The van der Waals surface area contributed by atoms with E-state index >= 15 is 0 Å². The van der Waals surface area contributed by atoms with E-state index in [4.69, 9.17) is 21.1 Å². The summed E-state index contributed by atoms with van der Waals surface area (Å²) in [4.78, 5) is 0.0553. The van der Waals surface area contributed by atoms with Gasteiger partial charge in [0.1, 0.15) is 0 Å². The van der Waals surface area contributed by atoms with Crippen molar-refractivity contribution >= 4 is 27.5 Å². The van der Waals surface area contributed by atoms with E-state index in [0.29, 0.717) is 5.75 Å². The van der Waals surface area contributed by atoms with Gasteiger partial charge in [-0.15, -0.1) is 0 Å². The highest BCUT2D eigenvalue weighted by atomic mass is 79.9. The van der Waals surface area contributed by atoms with Crippen LogP contribution in [0.15, 0.2) is 36.4 Å². The highest BCUT2D eigenvalue weighted by Gasteiger charge is 2.14. The van der Waals surface area contributed by atoms with Gasteiger partial charge in [0.25, 0.3) is 0 Å². The molecular formula is C16H16BrClO2. The Morgan fingerprint density at radius 2 is 1.65 bits per heavy atom. The fourth-order valence-electron chi connectivity index (χ4n) is 2.11. The molecule has 2 nitrogen and oxygen atoms in total. The van der Waals surface area contributed by atoms with Gasteiger partial charge in [0, 0.05) is 5.02 Å². The molecule has 0 fully saturated rings. The van der Waals surface area contributed by atoms with Crippen molar-refractivity contribution in [1.82, 2.24) is 0 Å². The molecule has 2 rings (SSSR count). The Balaban J connectivity index is 2.39. The minimum Gasteiger partial charge on any atom is -0.493 e. The standard InChI is InChI=1S/C16H16BrClO2/c1-10-6-12(8-13(18)7-10)16(17)11-4-5-14(19-2)15(9-11)20-3/h4-9,16H,1-3H3. The summed E-state index contributed by atoms with van der Waals surface area (Å²) in [6.45, 7) is 2.03. The molecule has 0 spiro atoms. The van der Waals surface area contributed by atoms with E-state index in [-0.39, 0.29) is 4.83 Å². The van der Waals surface area contributed by atoms with Crippen LogP contribution >= 0.6 is 27.5 Å². The maximum absolute atomic E-state index is 6.12. The maximum Gasteiger partial charge on any atom is 0.161 e. The van der Waals surface area contributed by atoms with Crippen LogP contribution in [-0.2, 0) is 0 Å². The van der Waals surface area contributed by atoms with Crippen LogP contribution in [0.5, 0.6) is 11.5 Å². The molecule has 0 aliphatic heterocycles. The van der Waals surface area contributed by atoms with Crippen molar-refractivity contribution in [2.75, 3.05) is 14.2 Å². The minimum atomic E-state index is 0.0553. The van der Waals surface area contributed by atoms with Gasteiger partial charge in [-0.3, -0.25) is 0 Å². The van der Waals surface area contributed by atoms with Gasteiger partial charge in [-0.2, -0.15) is 0 Å². The van der Waals surface area contributed by atoms with Gasteiger partial charge in [0.15, 0.2) is 11.5 Å². The zero-order valence-corrected chi connectivity index (χ0v) is 14.0. The van der Waals surface area contributed by atoms with E-state index in [1.54, 1.807) is 14.2 Å². The molecule has 4 heteroatoms. The Labute approximate surface area is 132 Å². The summed E-state index contributed by atoms with van der Waals surface area (Å²) in [5, 5.41) is 0.741. The molecule has 0 aliphatic rings. The average molecular weight is 356 g/mol. The Morgan fingerprint density at radius 1 is 0.950 bits per heavy atom. The minimum absolute atomic E-state index is 0.0553. The van der Waals surface area contributed by atoms with Gasteiger partial charge < -0.3 is 9.47 Å². The number of alkyl halides is 1. The lowest BCUT2D eigenvalue weighted by molar-refractivity contribution is 0.354. The lowest BCUT2D eigenvalue weighted by Gasteiger charge is -2.15. The van der Waals surface area contributed by atoms with E-state index < -0.39 is 0 Å². The Morgan fingerprint density at radius 3 is 2.25 bits per heavy atom. The molecule has 1 atom stereocenters. The molecule has 0 radical (unpaired) electrons. The second-order valence-corrected chi connectivity index (χ2v) is 5.89. The Bertz CT molecular complexity index is 593. The van der Waals surface area contributed by atoms with Crippen LogP contribution < -0.4 is 9.47 Å². The third kappa shape index (κ3) is 3.28. The van der Waals surface area contributed by atoms with Crippen molar-refractivity contribution in [3.63, 3.8) is 0 Å². The lowest BCUT2D eigenvalue weighted by Crippen LogP contribution is -1.96. The normalized spacial score (nSPS) is 12.1. The van der Waals surface area contributed by atoms with Crippen molar-refractivity contribution in [2.24, 2.45) is 0 Å². The largest absolute Gasteiger partial charge is 0.493 e. The molecule has 0 saturated carbocycles. The summed E-state index contributed by atoms with van der Waals surface area (Å²) in [5.41, 5.74) is 3.34. The van der Waals surface area contributed by atoms with Crippen molar-refractivity contribution in [3.8, 4) is 11.5 Å². The third-order valence-electron chi connectivity index (χ3n) is 3.06. The van der Waals surface area contributed by atoms with Crippen LogP contribution in [0.4, 0.5) is 0 Å². The molecule has 2 aromatic carbocycles. The first-order chi connectivity index (χ1) is 9.55. The summed E-state index contributed by atoms with van der Waals surface area (Å²) in [6, 6.07) is 11.9. The van der Waals surface area contributed by atoms with Crippen LogP contribution in [0.2, 0.25) is 5.02 Å². The zero-order chi connectivity index (χ0) is 14.7. The molecule has 0 amide bonds. The monoisotopic (exact) mass is 354 g/mol. The third-order valence-corrected chi connectivity index (χ3v) is 4.33. The Hall–Kier alpha value is -1.19. The predicted octanol–water partition coefficient (Wildman–Crippen LogP) is 5.15. The highest BCUT2D eigenvalue weighted by Crippen LogP contribution is 2.37. The number of rotatable bonds is 4. The average Bonchev–Trinajstić information content (AvgIpc) is 2.44. The molecule has 0 N–H and O–H groups in total. The van der Waals surface area contributed by atoms with Crippen molar-refractivity contribution in [2.45, 2.75) is 11.8 Å². The summed E-state index contributed by atoms with van der Waals surface area (Å²) >= 11 is 9.84. The van der Waals surface area contributed by atoms with Crippen molar-refractivity contribution in [1.29, 1.82) is 0 Å². The fraction of sp³-hybridized carbons (Fsp3) is 0.250. The second-order valence-electron chi connectivity index (χ2n) is 4.54. The molecule has 0 aliphatic carbocycles. The number of hydrogen-bond acceptors (Lipinski definition) is 2. The molecule has 2 aromatic rings. The summed E-state index contributed by atoms with van der Waals surface area (Å²) in [6.07, 6.45) is 0. The maximum atomic E-state index is 6.12. The van der Waals surface area contributed by atoms with Crippen LogP contribution in [-0.4, -0.2) is 14.2 Å². The quantitative estimate of drug-likeness (QED) is 0.706. The highest BCUT2D eigenvalue weighted by molar-refractivity contribution is 9.09. The number of aryl methyl sites for hydroxylation is 1. The molecular weight excluding hydrogens is 340 g/mol. The number of benzene rings is 2. The van der Waals surface area contributed by atoms with E-state index in [2.05, 4.69) is 22.0 Å². The van der Waals surface area contributed by atoms with Crippen molar-refractivity contribution in [3.05, 3.63) is 58.1 Å². The van der Waals surface area contributed by atoms with E-state index in [1.165, 1.54) is 0 Å². The van der Waals surface area contributed by atoms with Gasteiger partial charge in [-0.25, -0.2) is 0 Å². The predicted molar refractivity (Wildman–Crippen MR) is 86.5 cm³/mol. The van der Waals surface area contributed by atoms with E-state index in [1.807, 2.05) is 37.3 Å². The fourth-order valence-corrected chi connectivity index (χ4v) is 2.96.